The zero-order valence-corrected chi connectivity index (χ0v) is 13.1. The van der Waals surface area contributed by atoms with Crippen LogP contribution >= 0.6 is 0 Å². The molecule has 1 rings (SSSR count). The van der Waals surface area contributed by atoms with Gasteiger partial charge >= 0.3 is 5.69 Å². The monoisotopic (exact) mass is 290 g/mol. The summed E-state index contributed by atoms with van der Waals surface area (Å²) in [6.45, 7) is 7.87. The molecule has 0 aliphatic carbocycles. The van der Waals surface area contributed by atoms with Crippen molar-refractivity contribution in [2.75, 3.05) is 6.61 Å². The van der Waals surface area contributed by atoms with Gasteiger partial charge in [0.2, 0.25) is 0 Å². The van der Waals surface area contributed by atoms with Gasteiger partial charge in [0, 0.05) is 6.07 Å². The van der Waals surface area contributed by atoms with E-state index in [0.717, 1.165) is 30.4 Å². The van der Waals surface area contributed by atoms with E-state index in [0.29, 0.717) is 12.4 Å². The average molecular weight is 290 g/mol. The van der Waals surface area contributed by atoms with Crippen LogP contribution in [0.4, 0.5) is 5.69 Å². The Morgan fingerprint density at radius 3 is 2.57 bits per heavy atom. The number of nitriles is 1. The highest BCUT2D eigenvalue weighted by Gasteiger charge is 2.19. The molecule has 0 saturated heterocycles. The highest BCUT2D eigenvalue weighted by atomic mass is 16.6. The average Bonchev–Trinajstić information content (AvgIpc) is 2.39. The zero-order chi connectivity index (χ0) is 16.0. The van der Waals surface area contributed by atoms with Crippen molar-refractivity contribution in [2.24, 2.45) is 5.41 Å². The number of nitrogens with zero attached hydrogens (tertiary/aromatic N) is 2. The van der Waals surface area contributed by atoms with Gasteiger partial charge in [-0.1, -0.05) is 6.07 Å². The molecule has 0 heterocycles. The van der Waals surface area contributed by atoms with E-state index in [4.69, 9.17) is 10.00 Å². The zero-order valence-electron chi connectivity index (χ0n) is 13.1. The maximum absolute atomic E-state index is 11.1. The molecule has 0 atom stereocenters. The molecule has 0 fully saturated rings. The molecule has 0 amide bonds. The van der Waals surface area contributed by atoms with Crippen LogP contribution in [-0.4, -0.2) is 11.5 Å². The number of ether oxygens (including phenoxy) is 1. The molecule has 0 aliphatic heterocycles. The Balaban J connectivity index is 2.61. The van der Waals surface area contributed by atoms with Gasteiger partial charge in [-0.15, -0.1) is 0 Å². The predicted octanol–water partition coefficient (Wildman–Crippen LogP) is 4.31. The molecule has 21 heavy (non-hydrogen) atoms. The van der Waals surface area contributed by atoms with Gasteiger partial charge in [-0.2, -0.15) is 5.26 Å². The Labute approximate surface area is 125 Å². The number of hydrogen-bond donors (Lipinski definition) is 0. The third-order valence-electron chi connectivity index (χ3n) is 3.34. The molecule has 0 radical (unpaired) electrons. The van der Waals surface area contributed by atoms with Gasteiger partial charge in [0.25, 0.3) is 0 Å². The van der Waals surface area contributed by atoms with Crippen molar-refractivity contribution in [3.05, 3.63) is 33.4 Å². The first-order valence-electron chi connectivity index (χ1n) is 7.06. The lowest BCUT2D eigenvalue weighted by Gasteiger charge is -2.15. The van der Waals surface area contributed by atoms with Crippen molar-refractivity contribution in [1.29, 1.82) is 5.26 Å². The van der Waals surface area contributed by atoms with Crippen LogP contribution in [0.25, 0.3) is 0 Å². The lowest BCUT2D eigenvalue weighted by molar-refractivity contribution is -0.386. The number of aryl methyl sites for hydroxylation is 2. The standard InChI is InChI=1S/C16H22N2O3/c1-12-9-13(2)15(14(10-12)18(19)20)21-8-6-5-7-16(3,4)11-17/h9-10H,5-8H2,1-4H3. The van der Waals surface area contributed by atoms with Crippen LogP contribution < -0.4 is 4.74 Å². The molecular weight excluding hydrogens is 268 g/mol. The molecule has 1 aromatic rings. The molecule has 1 aromatic carbocycles. The fraction of sp³-hybridized carbons (Fsp3) is 0.562. The third kappa shape index (κ3) is 5.07. The Hall–Kier alpha value is -2.09. The predicted molar refractivity (Wildman–Crippen MR) is 81.3 cm³/mol. The first-order valence-corrected chi connectivity index (χ1v) is 7.06. The van der Waals surface area contributed by atoms with Crippen LogP contribution in [0, 0.1) is 40.7 Å². The van der Waals surface area contributed by atoms with Crippen LogP contribution in [0.5, 0.6) is 5.75 Å². The Kier molecular flexibility index (Phi) is 5.71. The van der Waals surface area contributed by atoms with Crippen LogP contribution in [-0.2, 0) is 0 Å². The fourth-order valence-electron chi connectivity index (χ4n) is 2.15. The van der Waals surface area contributed by atoms with E-state index >= 15 is 0 Å². The van der Waals surface area contributed by atoms with Gasteiger partial charge in [-0.3, -0.25) is 10.1 Å². The van der Waals surface area contributed by atoms with Crippen molar-refractivity contribution in [3.63, 3.8) is 0 Å². The van der Waals surface area contributed by atoms with Crippen molar-refractivity contribution in [2.45, 2.75) is 47.0 Å². The lowest BCUT2D eigenvalue weighted by Crippen LogP contribution is -2.09. The smallest absolute Gasteiger partial charge is 0.311 e. The van der Waals surface area contributed by atoms with Crippen molar-refractivity contribution in [3.8, 4) is 11.8 Å². The number of unbranched alkanes of at least 4 members (excludes halogenated alkanes) is 1. The van der Waals surface area contributed by atoms with Gasteiger partial charge in [-0.05, 0) is 58.1 Å². The van der Waals surface area contributed by atoms with Crippen molar-refractivity contribution < 1.29 is 9.66 Å². The van der Waals surface area contributed by atoms with E-state index in [1.807, 2.05) is 33.8 Å². The van der Waals surface area contributed by atoms with Crippen LogP contribution in [0.15, 0.2) is 12.1 Å². The highest BCUT2D eigenvalue weighted by Crippen LogP contribution is 2.32. The van der Waals surface area contributed by atoms with Crippen LogP contribution in [0.1, 0.15) is 44.2 Å². The van der Waals surface area contributed by atoms with E-state index < -0.39 is 4.92 Å². The maximum Gasteiger partial charge on any atom is 0.311 e. The summed E-state index contributed by atoms with van der Waals surface area (Å²) in [5, 5.41) is 20.0. The van der Waals surface area contributed by atoms with E-state index in [2.05, 4.69) is 6.07 Å². The Bertz CT molecular complexity index is 559. The normalized spacial score (nSPS) is 11.0. The van der Waals surface area contributed by atoms with E-state index in [1.165, 1.54) is 6.07 Å². The number of rotatable bonds is 7. The molecule has 0 N–H and O–H groups in total. The molecule has 0 aliphatic rings. The Morgan fingerprint density at radius 2 is 2.00 bits per heavy atom. The van der Waals surface area contributed by atoms with Gasteiger partial charge in [0.1, 0.15) is 0 Å². The Morgan fingerprint density at radius 1 is 1.33 bits per heavy atom. The summed E-state index contributed by atoms with van der Waals surface area (Å²) in [4.78, 5) is 10.7. The maximum atomic E-state index is 11.1. The molecule has 5 nitrogen and oxygen atoms in total. The topological polar surface area (TPSA) is 76.2 Å². The fourth-order valence-corrected chi connectivity index (χ4v) is 2.15. The number of nitro benzene ring substituents is 1. The minimum atomic E-state index is -0.409. The molecule has 5 heteroatoms. The molecule has 0 aromatic heterocycles. The van der Waals surface area contributed by atoms with E-state index in [-0.39, 0.29) is 11.1 Å². The minimum absolute atomic E-state index is 0.0184. The summed E-state index contributed by atoms with van der Waals surface area (Å²) >= 11 is 0. The van der Waals surface area contributed by atoms with Crippen molar-refractivity contribution >= 4 is 5.69 Å². The van der Waals surface area contributed by atoms with E-state index in [1.54, 1.807) is 0 Å². The lowest BCUT2D eigenvalue weighted by atomic mass is 9.89. The van der Waals surface area contributed by atoms with E-state index in [9.17, 15) is 10.1 Å². The van der Waals surface area contributed by atoms with Crippen molar-refractivity contribution in [1.82, 2.24) is 0 Å². The van der Waals surface area contributed by atoms with Crippen LogP contribution in [0.2, 0.25) is 0 Å². The van der Waals surface area contributed by atoms with Gasteiger partial charge in [-0.25, -0.2) is 0 Å². The number of nitro groups is 1. The summed E-state index contributed by atoms with van der Waals surface area (Å²) < 4.78 is 5.61. The quantitative estimate of drug-likeness (QED) is 0.426. The second kappa shape index (κ2) is 7.07. The number of hydrogen-bond acceptors (Lipinski definition) is 4. The van der Waals surface area contributed by atoms with Gasteiger partial charge < -0.3 is 4.74 Å². The summed E-state index contributed by atoms with van der Waals surface area (Å²) in [6.07, 6.45) is 2.43. The van der Waals surface area contributed by atoms with Crippen LogP contribution in [0.3, 0.4) is 0 Å². The molecule has 0 spiro atoms. The molecule has 0 bridgehead atoms. The van der Waals surface area contributed by atoms with Gasteiger partial charge in [0.15, 0.2) is 5.75 Å². The third-order valence-corrected chi connectivity index (χ3v) is 3.34. The second-order valence-electron chi connectivity index (χ2n) is 5.99. The molecular formula is C16H22N2O3. The number of benzene rings is 1. The summed E-state index contributed by atoms with van der Waals surface area (Å²) in [7, 11) is 0. The molecule has 114 valence electrons. The molecule has 0 saturated carbocycles. The summed E-state index contributed by atoms with van der Waals surface area (Å²) in [5.41, 5.74) is 1.32. The minimum Gasteiger partial charge on any atom is -0.487 e. The summed E-state index contributed by atoms with van der Waals surface area (Å²) in [5.74, 6) is 0.352. The summed E-state index contributed by atoms with van der Waals surface area (Å²) in [6, 6.07) is 5.66. The first-order chi connectivity index (χ1) is 9.76. The van der Waals surface area contributed by atoms with Gasteiger partial charge in [0.05, 0.1) is 23.0 Å². The largest absolute Gasteiger partial charge is 0.487 e. The highest BCUT2D eigenvalue weighted by molar-refractivity contribution is 5.53. The molecule has 0 unspecified atom stereocenters. The first kappa shape index (κ1) is 17.0. The SMILES string of the molecule is Cc1cc(C)c(OCCCCC(C)(C)C#N)c([N+](=O)[O-])c1. The second-order valence-corrected chi connectivity index (χ2v) is 5.99.